The maximum Gasteiger partial charge on any atom is 0.164 e. The number of aliphatic hydroxyl groups is 1. The Kier molecular flexibility index (Phi) is 6.08. The molecule has 2 rings (SSSR count). The van der Waals surface area contributed by atoms with Crippen LogP contribution in [0, 0.1) is 11.6 Å². The summed E-state index contributed by atoms with van der Waals surface area (Å²) in [7, 11) is 1.95. The van der Waals surface area contributed by atoms with E-state index < -0.39 is 17.7 Å². The van der Waals surface area contributed by atoms with Gasteiger partial charge < -0.3 is 14.7 Å². The maximum absolute atomic E-state index is 13.6. The van der Waals surface area contributed by atoms with Gasteiger partial charge in [0.05, 0.1) is 12.2 Å². The number of hydrogen-bond donors (Lipinski definition) is 1. The first-order chi connectivity index (χ1) is 10.1. The van der Waals surface area contributed by atoms with Crippen LogP contribution in [0.4, 0.5) is 8.78 Å². The van der Waals surface area contributed by atoms with Crippen LogP contribution in [0.25, 0.3) is 0 Å². The van der Waals surface area contributed by atoms with Gasteiger partial charge in [-0.1, -0.05) is 12.1 Å². The molecule has 21 heavy (non-hydrogen) atoms. The van der Waals surface area contributed by atoms with Crippen LogP contribution in [0.2, 0.25) is 0 Å². The van der Waals surface area contributed by atoms with Gasteiger partial charge in [0.25, 0.3) is 0 Å². The van der Waals surface area contributed by atoms with Gasteiger partial charge >= 0.3 is 0 Å². The molecule has 0 amide bonds. The molecule has 118 valence electrons. The summed E-state index contributed by atoms with van der Waals surface area (Å²) in [5, 5.41) is 10.0. The molecule has 0 saturated carbocycles. The van der Waals surface area contributed by atoms with Gasteiger partial charge in [-0.25, -0.2) is 8.78 Å². The largest absolute Gasteiger partial charge is 0.388 e. The molecule has 0 aromatic heterocycles. The number of rotatable bonds is 6. The van der Waals surface area contributed by atoms with E-state index >= 15 is 0 Å². The molecule has 2 unspecified atom stereocenters. The summed E-state index contributed by atoms with van der Waals surface area (Å²) in [6.45, 7) is 2.23. The summed E-state index contributed by atoms with van der Waals surface area (Å²) >= 11 is 0. The van der Waals surface area contributed by atoms with Crippen molar-refractivity contribution < 1.29 is 18.6 Å². The molecule has 1 N–H and O–H groups in total. The molecule has 1 aromatic rings. The third-order valence-electron chi connectivity index (χ3n) is 3.91. The fraction of sp³-hybridized carbons (Fsp3) is 0.625. The van der Waals surface area contributed by atoms with Crippen molar-refractivity contribution in [2.45, 2.75) is 37.9 Å². The molecule has 2 atom stereocenters. The zero-order chi connectivity index (χ0) is 15.2. The van der Waals surface area contributed by atoms with Gasteiger partial charge in [-0.15, -0.1) is 0 Å². The van der Waals surface area contributed by atoms with Crippen molar-refractivity contribution in [2.75, 3.05) is 26.7 Å². The lowest BCUT2D eigenvalue weighted by Crippen LogP contribution is -2.34. The molecule has 5 heteroatoms. The molecule has 3 nitrogen and oxygen atoms in total. The quantitative estimate of drug-likeness (QED) is 0.876. The summed E-state index contributed by atoms with van der Waals surface area (Å²) in [5.74, 6) is -1.88. The SMILES string of the molecule is CN(CCC(O)c1cccc(F)c1F)CC1CCCCO1. The Morgan fingerprint density at radius 3 is 2.90 bits per heavy atom. The highest BCUT2D eigenvalue weighted by atomic mass is 19.2. The van der Waals surface area contributed by atoms with Crippen molar-refractivity contribution >= 4 is 0 Å². The maximum atomic E-state index is 13.6. The minimum absolute atomic E-state index is 0.0253. The third-order valence-corrected chi connectivity index (χ3v) is 3.91. The van der Waals surface area contributed by atoms with E-state index in [9.17, 15) is 13.9 Å². The van der Waals surface area contributed by atoms with Gasteiger partial charge in [0.15, 0.2) is 11.6 Å². The zero-order valence-electron chi connectivity index (χ0n) is 12.4. The molecule has 1 saturated heterocycles. The topological polar surface area (TPSA) is 32.7 Å². The number of nitrogens with zero attached hydrogens (tertiary/aromatic N) is 1. The van der Waals surface area contributed by atoms with Gasteiger partial charge in [-0.3, -0.25) is 0 Å². The van der Waals surface area contributed by atoms with E-state index in [2.05, 4.69) is 4.90 Å². The number of ether oxygens (including phenoxy) is 1. The van der Waals surface area contributed by atoms with E-state index in [0.717, 1.165) is 32.1 Å². The Morgan fingerprint density at radius 1 is 1.38 bits per heavy atom. The van der Waals surface area contributed by atoms with E-state index in [1.165, 1.54) is 18.6 Å². The molecule has 1 aliphatic heterocycles. The Labute approximate surface area is 124 Å². The minimum Gasteiger partial charge on any atom is -0.388 e. The second kappa shape index (κ2) is 7.82. The first-order valence-electron chi connectivity index (χ1n) is 7.50. The summed E-state index contributed by atoms with van der Waals surface area (Å²) in [6.07, 6.45) is 2.99. The van der Waals surface area contributed by atoms with E-state index in [-0.39, 0.29) is 11.7 Å². The average molecular weight is 299 g/mol. The standard InChI is InChI=1S/C16H23F2NO2/c1-19(11-12-5-2-3-10-21-12)9-8-15(20)13-6-4-7-14(17)16(13)18/h4,6-7,12,15,20H,2-3,5,8-11H2,1H3. The number of hydrogen-bond acceptors (Lipinski definition) is 3. The summed E-state index contributed by atoms with van der Waals surface area (Å²) in [5.41, 5.74) is 0.0253. The summed E-state index contributed by atoms with van der Waals surface area (Å²) in [4.78, 5) is 2.07. The molecule has 0 aliphatic carbocycles. The highest BCUT2D eigenvalue weighted by Gasteiger charge is 2.19. The minimum atomic E-state index is -0.990. The second-order valence-corrected chi connectivity index (χ2v) is 5.70. The number of benzene rings is 1. The van der Waals surface area contributed by atoms with Crippen molar-refractivity contribution in [2.24, 2.45) is 0 Å². The molecule has 1 heterocycles. The smallest absolute Gasteiger partial charge is 0.164 e. The Bertz CT molecular complexity index is 450. The lowest BCUT2D eigenvalue weighted by atomic mass is 10.0. The molecular formula is C16H23F2NO2. The van der Waals surface area contributed by atoms with Crippen LogP contribution in [0.3, 0.4) is 0 Å². The highest BCUT2D eigenvalue weighted by Crippen LogP contribution is 2.22. The van der Waals surface area contributed by atoms with Gasteiger partial charge in [-0.2, -0.15) is 0 Å². The van der Waals surface area contributed by atoms with Gasteiger partial charge in [0.2, 0.25) is 0 Å². The van der Waals surface area contributed by atoms with E-state index in [0.29, 0.717) is 13.0 Å². The lowest BCUT2D eigenvalue weighted by Gasteiger charge is -2.27. The van der Waals surface area contributed by atoms with Gasteiger partial charge in [-0.05, 0) is 38.8 Å². The van der Waals surface area contributed by atoms with E-state index in [1.54, 1.807) is 0 Å². The van der Waals surface area contributed by atoms with Crippen LogP contribution in [0.15, 0.2) is 18.2 Å². The van der Waals surface area contributed by atoms with E-state index in [1.807, 2.05) is 7.05 Å². The molecule has 0 bridgehead atoms. The van der Waals surface area contributed by atoms with Crippen LogP contribution < -0.4 is 0 Å². The average Bonchev–Trinajstić information content (AvgIpc) is 2.48. The molecule has 1 aromatic carbocycles. The molecule has 0 spiro atoms. The summed E-state index contributed by atoms with van der Waals surface area (Å²) < 4.78 is 32.4. The van der Waals surface area contributed by atoms with Crippen LogP contribution in [0.5, 0.6) is 0 Å². The fourth-order valence-corrected chi connectivity index (χ4v) is 2.67. The number of aliphatic hydroxyl groups excluding tert-OH is 1. The predicted octanol–water partition coefficient (Wildman–Crippen LogP) is 2.89. The highest BCUT2D eigenvalue weighted by molar-refractivity contribution is 5.21. The van der Waals surface area contributed by atoms with Crippen LogP contribution in [-0.2, 0) is 4.74 Å². The lowest BCUT2D eigenvalue weighted by molar-refractivity contribution is -0.00333. The fourth-order valence-electron chi connectivity index (χ4n) is 2.67. The third kappa shape index (κ3) is 4.73. The van der Waals surface area contributed by atoms with E-state index in [4.69, 9.17) is 4.74 Å². The van der Waals surface area contributed by atoms with Crippen molar-refractivity contribution in [3.63, 3.8) is 0 Å². The normalized spacial score (nSPS) is 20.7. The summed E-state index contributed by atoms with van der Waals surface area (Å²) in [6, 6.07) is 3.89. The molecule has 1 aliphatic rings. The first kappa shape index (κ1) is 16.3. The first-order valence-corrected chi connectivity index (χ1v) is 7.50. The Morgan fingerprint density at radius 2 is 2.19 bits per heavy atom. The number of halogens is 2. The molecular weight excluding hydrogens is 276 g/mol. The van der Waals surface area contributed by atoms with Crippen LogP contribution >= 0.6 is 0 Å². The van der Waals surface area contributed by atoms with Gasteiger partial charge in [0.1, 0.15) is 0 Å². The van der Waals surface area contributed by atoms with Gasteiger partial charge in [0, 0.05) is 25.3 Å². The second-order valence-electron chi connectivity index (χ2n) is 5.70. The van der Waals surface area contributed by atoms with Crippen LogP contribution in [0.1, 0.15) is 37.4 Å². The van der Waals surface area contributed by atoms with Crippen molar-refractivity contribution in [1.82, 2.24) is 4.90 Å². The van der Waals surface area contributed by atoms with Crippen molar-refractivity contribution in [3.8, 4) is 0 Å². The molecule has 0 radical (unpaired) electrons. The van der Waals surface area contributed by atoms with Crippen molar-refractivity contribution in [3.05, 3.63) is 35.4 Å². The van der Waals surface area contributed by atoms with Crippen LogP contribution in [-0.4, -0.2) is 42.9 Å². The Balaban J connectivity index is 1.80. The number of likely N-dealkylation sites (N-methyl/N-ethyl adjacent to an activating group) is 1. The predicted molar refractivity (Wildman–Crippen MR) is 77.0 cm³/mol. The molecule has 1 fully saturated rings. The Hall–Kier alpha value is -1.04. The monoisotopic (exact) mass is 299 g/mol. The zero-order valence-corrected chi connectivity index (χ0v) is 12.4. The van der Waals surface area contributed by atoms with Crippen molar-refractivity contribution in [1.29, 1.82) is 0 Å².